The molecule has 84 valence electrons. The third-order valence-electron chi connectivity index (χ3n) is 2.29. The Morgan fingerprint density at radius 3 is 2.53 bits per heavy atom. The summed E-state index contributed by atoms with van der Waals surface area (Å²) in [6.45, 7) is 7.25. The third kappa shape index (κ3) is 2.89. The van der Waals surface area contributed by atoms with Crippen LogP contribution in [0.3, 0.4) is 0 Å². The topological polar surface area (TPSA) is 47.0 Å². The molecule has 0 saturated heterocycles. The lowest BCUT2D eigenvalue weighted by atomic mass is 10.1. The highest BCUT2D eigenvalue weighted by Crippen LogP contribution is 2.16. The molecular formula is C11H19N3O. The van der Waals surface area contributed by atoms with E-state index in [-0.39, 0.29) is 0 Å². The Balaban J connectivity index is 2.97. The van der Waals surface area contributed by atoms with Crippen LogP contribution in [0.4, 0.5) is 5.82 Å². The summed E-state index contributed by atoms with van der Waals surface area (Å²) in [5.41, 5.74) is 2.21. The Bertz CT molecular complexity index is 326. The van der Waals surface area contributed by atoms with Gasteiger partial charge in [0.05, 0.1) is 0 Å². The van der Waals surface area contributed by atoms with Crippen molar-refractivity contribution in [1.82, 2.24) is 9.97 Å². The van der Waals surface area contributed by atoms with Gasteiger partial charge >= 0.3 is 0 Å². The minimum Gasteiger partial charge on any atom is -0.374 e. The largest absolute Gasteiger partial charge is 0.374 e. The Morgan fingerprint density at radius 2 is 2.00 bits per heavy atom. The quantitative estimate of drug-likeness (QED) is 0.805. The molecule has 0 unspecified atom stereocenters. The minimum atomic E-state index is 0.482. The van der Waals surface area contributed by atoms with Crippen LogP contribution >= 0.6 is 0 Å². The maximum atomic E-state index is 5.29. The summed E-state index contributed by atoms with van der Waals surface area (Å²) in [4.78, 5) is 8.83. The van der Waals surface area contributed by atoms with E-state index in [4.69, 9.17) is 4.74 Å². The van der Waals surface area contributed by atoms with Gasteiger partial charge in [-0.3, -0.25) is 0 Å². The first-order valence-electron chi connectivity index (χ1n) is 5.34. The Kier molecular flexibility index (Phi) is 4.49. The van der Waals surface area contributed by atoms with Gasteiger partial charge in [-0.15, -0.1) is 0 Å². The van der Waals surface area contributed by atoms with E-state index in [1.54, 1.807) is 0 Å². The average Bonchev–Trinajstić information content (AvgIpc) is 2.25. The fraction of sp³-hybridized carbons (Fsp3) is 0.636. The molecule has 1 aromatic heterocycles. The Labute approximate surface area is 91.1 Å². The predicted octanol–water partition coefficient (Wildman–Crippen LogP) is 1.93. The fourth-order valence-electron chi connectivity index (χ4n) is 1.54. The minimum absolute atomic E-state index is 0.482. The number of ether oxygens (including phenoxy) is 1. The van der Waals surface area contributed by atoms with Gasteiger partial charge in [0.2, 0.25) is 0 Å². The van der Waals surface area contributed by atoms with Crippen molar-refractivity contribution < 1.29 is 4.74 Å². The van der Waals surface area contributed by atoms with Crippen LogP contribution in [0.1, 0.15) is 30.9 Å². The first-order chi connectivity index (χ1) is 7.22. The number of aryl methyl sites for hydroxylation is 1. The van der Waals surface area contributed by atoms with Crippen molar-refractivity contribution in [2.24, 2.45) is 0 Å². The van der Waals surface area contributed by atoms with Crippen molar-refractivity contribution in [1.29, 1.82) is 0 Å². The average molecular weight is 209 g/mol. The normalized spacial score (nSPS) is 10.4. The third-order valence-corrected chi connectivity index (χ3v) is 2.29. The number of hydrogen-bond donors (Lipinski definition) is 1. The maximum absolute atomic E-state index is 5.29. The van der Waals surface area contributed by atoms with Gasteiger partial charge in [0.25, 0.3) is 0 Å². The van der Waals surface area contributed by atoms with Crippen LogP contribution in [-0.4, -0.2) is 23.6 Å². The molecule has 0 aliphatic rings. The van der Waals surface area contributed by atoms with Gasteiger partial charge in [0.15, 0.2) is 5.82 Å². The first-order valence-corrected chi connectivity index (χ1v) is 5.34. The molecule has 0 aromatic carbocycles. The highest BCUT2D eigenvalue weighted by atomic mass is 16.5. The molecule has 0 amide bonds. The van der Waals surface area contributed by atoms with E-state index in [1.807, 2.05) is 20.9 Å². The van der Waals surface area contributed by atoms with E-state index in [0.717, 1.165) is 23.8 Å². The van der Waals surface area contributed by atoms with Crippen molar-refractivity contribution in [3.8, 4) is 0 Å². The SMILES string of the molecule is CCOCc1nc(C)c(CC)c(NC)n1. The number of hydrogen-bond acceptors (Lipinski definition) is 4. The smallest absolute Gasteiger partial charge is 0.156 e. The molecule has 1 N–H and O–H groups in total. The van der Waals surface area contributed by atoms with Crippen molar-refractivity contribution >= 4 is 5.82 Å². The maximum Gasteiger partial charge on any atom is 0.156 e. The highest BCUT2D eigenvalue weighted by molar-refractivity contribution is 5.45. The van der Waals surface area contributed by atoms with Crippen molar-refractivity contribution in [2.45, 2.75) is 33.8 Å². The van der Waals surface area contributed by atoms with E-state index in [1.165, 1.54) is 5.56 Å². The van der Waals surface area contributed by atoms with Gasteiger partial charge in [0, 0.05) is 24.9 Å². The van der Waals surface area contributed by atoms with Crippen molar-refractivity contribution in [3.63, 3.8) is 0 Å². The summed E-state index contributed by atoms with van der Waals surface area (Å²) in [6, 6.07) is 0. The van der Waals surface area contributed by atoms with E-state index in [9.17, 15) is 0 Å². The van der Waals surface area contributed by atoms with Crippen molar-refractivity contribution in [3.05, 3.63) is 17.1 Å². The van der Waals surface area contributed by atoms with Crippen LogP contribution in [0, 0.1) is 6.92 Å². The number of aromatic nitrogens is 2. The lowest BCUT2D eigenvalue weighted by Crippen LogP contribution is -2.08. The zero-order valence-electron chi connectivity index (χ0n) is 9.92. The van der Waals surface area contributed by atoms with Gasteiger partial charge in [-0.05, 0) is 20.3 Å². The van der Waals surface area contributed by atoms with E-state index < -0.39 is 0 Å². The van der Waals surface area contributed by atoms with Crippen LogP contribution in [-0.2, 0) is 17.8 Å². The molecule has 4 nitrogen and oxygen atoms in total. The summed E-state index contributed by atoms with van der Waals surface area (Å²) in [5.74, 6) is 1.66. The van der Waals surface area contributed by atoms with E-state index >= 15 is 0 Å². The molecule has 0 saturated carbocycles. The van der Waals surface area contributed by atoms with Gasteiger partial charge in [0.1, 0.15) is 12.4 Å². The first kappa shape index (κ1) is 11.9. The van der Waals surface area contributed by atoms with Gasteiger partial charge in [-0.25, -0.2) is 9.97 Å². The van der Waals surface area contributed by atoms with Crippen molar-refractivity contribution in [2.75, 3.05) is 19.0 Å². The molecule has 0 bridgehead atoms. The second kappa shape index (κ2) is 5.66. The Hall–Kier alpha value is -1.16. The molecule has 0 radical (unpaired) electrons. The second-order valence-corrected chi connectivity index (χ2v) is 3.29. The van der Waals surface area contributed by atoms with Crippen LogP contribution in [0.25, 0.3) is 0 Å². The predicted molar refractivity (Wildman–Crippen MR) is 61.0 cm³/mol. The van der Waals surface area contributed by atoms with Gasteiger partial charge in [-0.1, -0.05) is 6.92 Å². The monoisotopic (exact) mass is 209 g/mol. The van der Waals surface area contributed by atoms with Crippen LogP contribution < -0.4 is 5.32 Å². The zero-order valence-corrected chi connectivity index (χ0v) is 9.92. The second-order valence-electron chi connectivity index (χ2n) is 3.29. The molecule has 0 spiro atoms. The summed E-state index contributed by atoms with van der Waals surface area (Å²) in [7, 11) is 1.88. The molecule has 1 aromatic rings. The summed E-state index contributed by atoms with van der Waals surface area (Å²) < 4.78 is 5.29. The molecule has 0 atom stereocenters. The highest BCUT2D eigenvalue weighted by Gasteiger charge is 2.08. The molecule has 0 fully saturated rings. The lowest BCUT2D eigenvalue weighted by Gasteiger charge is -2.11. The molecule has 0 aliphatic heterocycles. The summed E-state index contributed by atoms with van der Waals surface area (Å²) >= 11 is 0. The lowest BCUT2D eigenvalue weighted by molar-refractivity contribution is 0.128. The number of rotatable bonds is 5. The van der Waals surface area contributed by atoms with Crippen LogP contribution in [0.2, 0.25) is 0 Å². The van der Waals surface area contributed by atoms with E-state index in [2.05, 4.69) is 22.2 Å². The summed E-state index contributed by atoms with van der Waals surface area (Å²) in [5, 5.41) is 3.10. The standard InChI is InChI=1S/C11H19N3O/c1-5-9-8(3)13-10(7-15-6-2)14-11(9)12-4/h5-7H2,1-4H3,(H,12,13,14). The molecule has 1 rings (SSSR count). The molecular weight excluding hydrogens is 190 g/mol. The fourth-order valence-corrected chi connectivity index (χ4v) is 1.54. The Morgan fingerprint density at radius 1 is 1.27 bits per heavy atom. The van der Waals surface area contributed by atoms with Gasteiger partial charge in [-0.2, -0.15) is 0 Å². The number of nitrogens with one attached hydrogen (secondary N) is 1. The molecule has 15 heavy (non-hydrogen) atoms. The van der Waals surface area contributed by atoms with Gasteiger partial charge < -0.3 is 10.1 Å². The summed E-state index contributed by atoms with van der Waals surface area (Å²) in [6.07, 6.45) is 0.941. The zero-order chi connectivity index (χ0) is 11.3. The molecule has 4 heteroatoms. The molecule has 0 aliphatic carbocycles. The molecule has 1 heterocycles. The number of anilines is 1. The number of nitrogens with zero attached hydrogens (tertiary/aromatic N) is 2. The van der Waals surface area contributed by atoms with E-state index in [0.29, 0.717) is 13.2 Å². The van der Waals surface area contributed by atoms with Crippen LogP contribution in [0.5, 0.6) is 0 Å². The van der Waals surface area contributed by atoms with Crippen LogP contribution in [0.15, 0.2) is 0 Å².